The Hall–Kier alpha value is -3.34. The monoisotopic (exact) mass is 444 g/mol. The maximum absolute atomic E-state index is 13.2. The summed E-state index contributed by atoms with van der Waals surface area (Å²) in [6.07, 6.45) is 7.90. The minimum absolute atomic E-state index is 0.0677. The van der Waals surface area contributed by atoms with Crippen LogP contribution in [0.5, 0.6) is 11.5 Å². The summed E-state index contributed by atoms with van der Waals surface area (Å²) in [7, 11) is 0. The number of benzene rings is 2. The Balaban J connectivity index is 1.33. The number of hydrogen-bond donors (Lipinski definition) is 0. The second kappa shape index (κ2) is 11.5. The first-order chi connectivity index (χ1) is 16.2. The zero-order valence-corrected chi connectivity index (χ0v) is 19.3. The van der Waals surface area contributed by atoms with E-state index in [-0.39, 0.29) is 5.91 Å². The van der Waals surface area contributed by atoms with Gasteiger partial charge in [-0.1, -0.05) is 30.3 Å². The molecule has 0 bridgehead atoms. The van der Waals surface area contributed by atoms with Crippen LogP contribution in [0.2, 0.25) is 0 Å². The van der Waals surface area contributed by atoms with Crippen molar-refractivity contribution in [3.05, 3.63) is 89.7 Å². The van der Waals surface area contributed by atoms with Gasteiger partial charge in [0, 0.05) is 31.0 Å². The summed E-state index contributed by atoms with van der Waals surface area (Å²) in [4.78, 5) is 19.2. The summed E-state index contributed by atoms with van der Waals surface area (Å²) < 4.78 is 11.7. The van der Waals surface area contributed by atoms with E-state index in [1.54, 1.807) is 12.4 Å². The maximum atomic E-state index is 13.2. The number of carbonyl (C=O) groups excluding carboxylic acids is 1. The molecular formula is C28H32N2O3. The van der Waals surface area contributed by atoms with E-state index in [9.17, 15) is 4.79 Å². The Morgan fingerprint density at radius 2 is 1.70 bits per heavy atom. The predicted molar refractivity (Wildman–Crippen MR) is 130 cm³/mol. The maximum Gasteiger partial charge on any atom is 0.253 e. The van der Waals surface area contributed by atoms with E-state index in [1.807, 2.05) is 42.2 Å². The molecule has 1 saturated heterocycles. The average Bonchev–Trinajstić information content (AvgIpc) is 2.88. The third-order valence-corrected chi connectivity index (χ3v) is 6.22. The summed E-state index contributed by atoms with van der Waals surface area (Å²) >= 11 is 0. The lowest BCUT2D eigenvalue weighted by Crippen LogP contribution is -2.38. The largest absolute Gasteiger partial charge is 0.490 e. The minimum Gasteiger partial charge on any atom is -0.490 e. The van der Waals surface area contributed by atoms with Gasteiger partial charge in [-0.05, 0) is 80.0 Å². The molecule has 0 spiro atoms. The van der Waals surface area contributed by atoms with Gasteiger partial charge in [-0.25, -0.2) is 0 Å². The molecule has 5 nitrogen and oxygen atoms in total. The van der Waals surface area contributed by atoms with Gasteiger partial charge >= 0.3 is 0 Å². The Labute approximate surface area is 196 Å². The van der Waals surface area contributed by atoms with Crippen molar-refractivity contribution in [2.75, 3.05) is 19.7 Å². The molecule has 3 aromatic rings. The number of rotatable bonds is 9. The van der Waals surface area contributed by atoms with Crippen molar-refractivity contribution >= 4 is 5.91 Å². The third-order valence-electron chi connectivity index (χ3n) is 6.22. The van der Waals surface area contributed by atoms with E-state index in [4.69, 9.17) is 9.47 Å². The molecule has 0 N–H and O–H groups in total. The fourth-order valence-corrected chi connectivity index (χ4v) is 4.29. The second-order valence-corrected chi connectivity index (χ2v) is 8.50. The number of nitrogens with zero attached hydrogens (tertiary/aromatic N) is 2. The molecule has 5 heteroatoms. The van der Waals surface area contributed by atoms with Crippen LogP contribution in [0.1, 0.15) is 47.7 Å². The van der Waals surface area contributed by atoms with Crippen molar-refractivity contribution < 1.29 is 14.3 Å². The Bertz CT molecular complexity index is 1020. The van der Waals surface area contributed by atoms with Crippen molar-refractivity contribution in [1.82, 2.24) is 9.88 Å². The molecule has 0 saturated carbocycles. The van der Waals surface area contributed by atoms with E-state index < -0.39 is 0 Å². The lowest BCUT2D eigenvalue weighted by molar-refractivity contribution is 0.0686. The molecule has 2 heterocycles. The van der Waals surface area contributed by atoms with E-state index >= 15 is 0 Å². The predicted octanol–water partition coefficient (Wildman–Crippen LogP) is 5.54. The van der Waals surface area contributed by atoms with Crippen LogP contribution in [-0.4, -0.2) is 35.5 Å². The zero-order valence-electron chi connectivity index (χ0n) is 19.3. The highest BCUT2D eigenvalue weighted by atomic mass is 16.5. The van der Waals surface area contributed by atoms with Gasteiger partial charge in [0.05, 0.1) is 6.61 Å². The van der Waals surface area contributed by atoms with Crippen molar-refractivity contribution in [1.29, 1.82) is 0 Å². The number of pyridine rings is 1. The standard InChI is InChI=1S/C28H32N2O3/c1-2-32-27-20-25(10-11-26(27)33-21-24-12-16-29-17-13-24)28(31)30-18-14-23(15-19-30)9-8-22-6-4-3-5-7-22/h3-7,10-13,16-17,20,23H,2,8-9,14-15,18-19,21H2,1H3. The molecule has 2 aromatic carbocycles. The van der Waals surface area contributed by atoms with Crippen molar-refractivity contribution in [2.45, 2.75) is 39.2 Å². The lowest BCUT2D eigenvalue weighted by atomic mass is 9.90. The van der Waals surface area contributed by atoms with E-state index in [0.29, 0.717) is 36.2 Å². The molecule has 0 unspecified atom stereocenters. The van der Waals surface area contributed by atoms with Crippen LogP contribution in [0, 0.1) is 5.92 Å². The molecule has 0 atom stereocenters. The van der Waals surface area contributed by atoms with Crippen LogP contribution in [0.4, 0.5) is 0 Å². The molecule has 4 rings (SSSR count). The highest BCUT2D eigenvalue weighted by Gasteiger charge is 2.24. The molecule has 1 aliphatic rings. The van der Waals surface area contributed by atoms with Gasteiger partial charge < -0.3 is 14.4 Å². The SMILES string of the molecule is CCOc1cc(C(=O)N2CCC(CCc3ccccc3)CC2)ccc1OCc1ccncc1. The van der Waals surface area contributed by atoms with Gasteiger partial charge in [-0.2, -0.15) is 0 Å². The second-order valence-electron chi connectivity index (χ2n) is 8.50. The van der Waals surface area contributed by atoms with Crippen molar-refractivity contribution in [3.63, 3.8) is 0 Å². The summed E-state index contributed by atoms with van der Waals surface area (Å²) in [5.74, 6) is 2.00. The van der Waals surface area contributed by atoms with E-state index in [1.165, 1.54) is 12.0 Å². The number of carbonyl (C=O) groups is 1. The molecule has 0 radical (unpaired) electrons. The highest BCUT2D eigenvalue weighted by molar-refractivity contribution is 5.95. The fourth-order valence-electron chi connectivity index (χ4n) is 4.29. The fraction of sp³-hybridized carbons (Fsp3) is 0.357. The number of likely N-dealkylation sites (tertiary alicyclic amines) is 1. The van der Waals surface area contributed by atoms with Crippen LogP contribution >= 0.6 is 0 Å². The quantitative estimate of drug-likeness (QED) is 0.435. The molecule has 1 amide bonds. The summed E-state index contributed by atoms with van der Waals surface area (Å²) in [5, 5.41) is 0. The number of hydrogen-bond acceptors (Lipinski definition) is 4. The molecule has 1 aromatic heterocycles. The van der Waals surface area contributed by atoms with Crippen LogP contribution < -0.4 is 9.47 Å². The number of aromatic nitrogens is 1. The van der Waals surface area contributed by atoms with Crippen molar-refractivity contribution in [3.8, 4) is 11.5 Å². The Morgan fingerprint density at radius 1 is 0.939 bits per heavy atom. The molecule has 172 valence electrons. The van der Waals surface area contributed by atoms with Crippen LogP contribution in [0.25, 0.3) is 0 Å². The summed E-state index contributed by atoms with van der Waals surface area (Å²) in [5.41, 5.74) is 3.07. The first-order valence-corrected chi connectivity index (χ1v) is 11.8. The molecule has 1 aliphatic heterocycles. The highest BCUT2D eigenvalue weighted by Crippen LogP contribution is 2.31. The smallest absolute Gasteiger partial charge is 0.253 e. The molecule has 1 fully saturated rings. The normalized spacial score (nSPS) is 14.2. The Kier molecular flexibility index (Phi) is 7.96. The van der Waals surface area contributed by atoms with E-state index in [0.717, 1.165) is 37.9 Å². The van der Waals surface area contributed by atoms with Crippen LogP contribution in [0.15, 0.2) is 73.1 Å². The third kappa shape index (κ3) is 6.35. The number of aryl methyl sites for hydroxylation is 1. The van der Waals surface area contributed by atoms with Crippen molar-refractivity contribution in [2.24, 2.45) is 5.92 Å². The van der Waals surface area contributed by atoms with Gasteiger partial charge in [0.25, 0.3) is 5.91 Å². The Morgan fingerprint density at radius 3 is 2.42 bits per heavy atom. The zero-order chi connectivity index (χ0) is 22.9. The summed E-state index contributed by atoms with van der Waals surface area (Å²) in [6.45, 7) is 4.48. The van der Waals surface area contributed by atoms with Gasteiger partial charge in [0.2, 0.25) is 0 Å². The van der Waals surface area contributed by atoms with Gasteiger partial charge in [-0.15, -0.1) is 0 Å². The minimum atomic E-state index is 0.0677. The number of piperidine rings is 1. The van der Waals surface area contributed by atoms with Crippen LogP contribution in [0.3, 0.4) is 0 Å². The lowest BCUT2D eigenvalue weighted by Gasteiger charge is -2.32. The van der Waals surface area contributed by atoms with Gasteiger partial charge in [0.15, 0.2) is 11.5 Å². The molecular weight excluding hydrogens is 412 g/mol. The van der Waals surface area contributed by atoms with Gasteiger partial charge in [0.1, 0.15) is 6.61 Å². The average molecular weight is 445 g/mol. The summed E-state index contributed by atoms with van der Waals surface area (Å²) in [6, 6.07) is 20.0. The first kappa shape index (κ1) is 22.8. The van der Waals surface area contributed by atoms with E-state index in [2.05, 4.69) is 35.3 Å². The topological polar surface area (TPSA) is 51.7 Å². The van der Waals surface area contributed by atoms with Gasteiger partial charge in [-0.3, -0.25) is 9.78 Å². The first-order valence-electron chi connectivity index (χ1n) is 11.8. The number of ether oxygens (including phenoxy) is 2. The molecule has 33 heavy (non-hydrogen) atoms. The van der Waals surface area contributed by atoms with Crippen LogP contribution in [-0.2, 0) is 13.0 Å². The number of amides is 1. The molecule has 0 aliphatic carbocycles.